The number of anilines is 1. The number of carbonyl (C=O) groups is 1. The molecule has 0 saturated heterocycles. The largest absolute Gasteiger partial charge is 0.461 e. The summed E-state index contributed by atoms with van der Waals surface area (Å²) in [5.74, 6) is -0.604. The number of hydrogen-bond donors (Lipinski definition) is 2. The number of aromatic nitrogens is 2. The van der Waals surface area contributed by atoms with Crippen LogP contribution in [0.3, 0.4) is 0 Å². The maximum absolute atomic E-state index is 13.1. The van der Waals surface area contributed by atoms with Crippen molar-refractivity contribution in [2.45, 2.75) is 6.92 Å². The summed E-state index contributed by atoms with van der Waals surface area (Å²) in [5.41, 5.74) is 6.20. The van der Waals surface area contributed by atoms with E-state index in [-0.39, 0.29) is 23.9 Å². The smallest absolute Gasteiger partial charge is 0.358 e. The van der Waals surface area contributed by atoms with Crippen LogP contribution in [-0.4, -0.2) is 22.5 Å². The minimum Gasteiger partial charge on any atom is -0.461 e. The fourth-order valence-corrected chi connectivity index (χ4v) is 1.52. The summed E-state index contributed by atoms with van der Waals surface area (Å²) in [5, 5.41) is 0. The van der Waals surface area contributed by atoms with Crippen molar-refractivity contribution in [3.8, 4) is 11.4 Å². The Kier molecular flexibility index (Phi) is 3.27. The van der Waals surface area contributed by atoms with Gasteiger partial charge >= 0.3 is 5.97 Å². The fourth-order valence-electron chi connectivity index (χ4n) is 1.52. The van der Waals surface area contributed by atoms with Crippen LogP contribution in [0.25, 0.3) is 11.4 Å². The Balaban J connectivity index is 2.37. The van der Waals surface area contributed by atoms with E-state index in [0.717, 1.165) is 0 Å². The van der Waals surface area contributed by atoms with Crippen LogP contribution in [0.5, 0.6) is 0 Å². The maximum Gasteiger partial charge on any atom is 0.358 e. The molecule has 94 valence electrons. The zero-order valence-corrected chi connectivity index (χ0v) is 9.74. The summed E-state index contributed by atoms with van der Waals surface area (Å²) in [4.78, 5) is 18.2. The van der Waals surface area contributed by atoms with Crippen molar-refractivity contribution in [3.63, 3.8) is 0 Å². The second-order valence-electron chi connectivity index (χ2n) is 3.58. The van der Waals surface area contributed by atoms with Gasteiger partial charge in [-0.25, -0.2) is 14.2 Å². The van der Waals surface area contributed by atoms with E-state index in [2.05, 4.69) is 9.97 Å². The standard InChI is InChI=1S/C12H12FN3O2/c1-2-18-12(17)9-10(14)16-11(15-9)7-4-3-5-8(13)6-7/h3-6H,2,14H2,1H3,(H,15,16). The average molecular weight is 249 g/mol. The number of carbonyl (C=O) groups excluding carboxylic acids is 1. The third-order valence-electron chi connectivity index (χ3n) is 2.31. The van der Waals surface area contributed by atoms with Crippen LogP contribution in [-0.2, 0) is 4.74 Å². The number of nitrogens with two attached hydrogens (primary N) is 1. The molecule has 0 bridgehead atoms. The van der Waals surface area contributed by atoms with E-state index in [1.165, 1.54) is 12.1 Å². The van der Waals surface area contributed by atoms with E-state index < -0.39 is 5.97 Å². The summed E-state index contributed by atoms with van der Waals surface area (Å²) in [6.45, 7) is 1.94. The third-order valence-corrected chi connectivity index (χ3v) is 2.31. The van der Waals surface area contributed by atoms with Crippen molar-refractivity contribution in [1.29, 1.82) is 0 Å². The second kappa shape index (κ2) is 4.87. The molecule has 18 heavy (non-hydrogen) atoms. The molecular formula is C12H12FN3O2. The van der Waals surface area contributed by atoms with Gasteiger partial charge in [0.2, 0.25) is 0 Å². The van der Waals surface area contributed by atoms with Gasteiger partial charge in [0.25, 0.3) is 0 Å². The molecule has 1 aromatic carbocycles. The predicted octanol–water partition coefficient (Wildman–Crippen LogP) is 1.97. The monoisotopic (exact) mass is 249 g/mol. The van der Waals surface area contributed by atoms with Gasteiger partial charge in [-0.15, -0.1) is 0 Å². The van der Waals surface area contributed by atoms with Crippen LogP contribution in [0.4, 0.5) is 10.2 Å². The Morgan fingerprint density at radius 1 is 1.56 bits per heavy atom. The number of ether oxygens (including phenoxy) is 1. The minimum absolute atomic E-state index is 0.0349. The molecule has 0 spiro atoms. The lowest BCUT2D eigenvalue weighted by atomic mass is 10.2. The fraction of sp³-hybridized carbons (Fsp3) is 0.167. The molecule has 1 heterocycles. The Bertz CT molecular complexity index is 580. The Morgan fingerprint density at radius 3 is 3.00 bits per heavy atom. The molecule has 0 aliphatic heterocycles. The highest BCUT2D eigenvalue weighted by Gasteiger charge is 2.17. The van der Waals surface area contributed by atoms with Crippen molar-refractivity contribution in [2.75, 3.05) is 12.3 Å². The zero-order chi connectivity index (χ0) is 13.1. The number of H-pyrrole nitrogens is 1. The first-order valence-electron chi connectivity index (χ1n) is 5.40. The van der Waals surface area contributed by atoms with Crippen LogP contribution in [0.2, 0.25) is 0 Å². The highest BCUT2D eigenvalue weighted by molar-refractivity contribution is 5.93. The summed E-state index contributed by atoms with van der Waals surface area (Å²) < 4.78 is 17.9. The first-order chi connectivity index (χ1) is 8.61. The Hall–Kier alpha value is -2.37. The van der Waals surface area contributed by atoms with E-state index in [0.29, 0.717) is 11.4 Å². The van der Waals surface area contributed by atoms with Gasteiger partial charge in [-0.3, -0.25) is 0 Å². The highest BCUT2D eigenvalue weighted by Crippen LogP contribution is 2.20. The molecule has 2 aromatic rings. The topological polar surface area (TPSA) is 81.0 Å². The van der Waals surface area contributed by atoms with Gasteiger partial charge in [-0.05, 0) is 19.1 Å². The zero-order valence-electron chi connectivity index (χ0n) is 9.74. The molecule has 0 unspecified atom stereocenters. The van der Waals surface area contributed by atoms with Gasteiger partial charge in [0.1, 0.15) is 11.6 Å². The number of nitrogens with one attached hydrogen (secondary N) is 1. The van der Waals surface area contributed by atoms with E-state index in [9.17, 15) is 9.18 Å². The van der Waals surface area contributed by atoms with Gasteiger partial charge in [0.15, 0.2) is 11.5 Å². The molecule has 0 saturated carbocycles. The van der Waals surface area contributed by atoms with Crippen molar-refractivity contribution in [1.82, 2.24) is 9.97 Å². The van der Waals surface area contributed by atoms with Gasteiger partial charge in [-0.1, -0.05) is 12.1 Å². The number of imidazole rings is 1. The highest BCUT2D eigenvalue weighted by atomic mass is 19.1. The van der Waals surface area contributed by atoms with E-state index in [4.69, 9.17) is 10.5 Å². The summed E-state index contributed by atoms with van der Waals surface area (Å²) >= 11 is 0. The van der Waals surface area contributed by atoms with Crippen LogP contribution in [0.1, 0.15) is 17.4 Å². The van der Waals surface area contributed by atoms with Crippen molar-refractivity contribution in [3.05, 3.63) is 35.8 Å². The molecule has 1 aromatic heterocycles. The number of halogens is 1. The lowest BCUT2D eigenvalue weighted by Crippen LogP contribution is -2.07. The Labute approximate surface area is 103 Å². The van der Waals surface area contributed by atoms with Crippen LogP contribution in [0, 0.1) is 5.82 Å². The number of hydrogen-bond acceptors (Lipinski definition) is 4. The van der Waals surface area contributed by atoms with Gasteiger partial charge < -0.3 is 15.5 Å². The van der Waals surface area contributed by atoms with Crippen molar-refractivity contribution >= 4 is 11.8 Å². The number of rotatable bonds is 3. The second-order valence-corrected chi connectivity index (χ2v) is 3.58. The minimum atomic E-state index is -0.579. The van der Waals surface area contributed by atoms with Crippen LogP contribution in [0.15, 0.2) is 24.3 Å². The quantitative estimate of drug-likeness (QED) is 0.815. The molecule has 0 aliphatic carbocycles. The molecule has 0 aliphatic rings. The summed E-state index contributed by atoms with van der Waals surface area (Å²) in [6, 6.07) is 5.83. The number of esters is 1. The molecule has 6 heteroatoms. The van der Waals surface area contributed by atoms with Crippen molar-refractivity contribution in [2.24, 2.45) is 0 Å². The van der Waals surface area contributed by atoms with E-state index in [1.807, 2.05) is 0 Å². The lowest BCUT2D eigenvalue weighted by Gasteiger charge is -1.98. The van der Waals surface area contributed by atoms with Gasteiger partial charge in [0.05, 0.1) is 6.61 Å². The summed E-state index contributed by atoms with van der Waals surface area (Å²) in [7, 11) is 0. The van der Waals surface area contributed by atoms with Crippen LogP contribution < -0.4 is 5.73 Å². The molecule has 3 N–H and O–H groups in total. The van der Waals surface area contributed by atoms with E-state index >= 15 is 0 Å². The first-order valence-corrected chi connectivity index (χ1v) is 5.40. The number of nitrogens with zero attached hydrogens (tertiary/aromatic N) is 1. The predicted molar refractivity (Wildman–Crippen MR) is 64.4 cm³/mol. The molecular weight excluding hydrogens is 237 g/mol. The Morgan fingerprint density at radius 2 is 2.33 bits per heavy atom. The molecule has 0 fully saturated rings. The normalized spacial score (nSPS) is 10.3. The third kappa shape index (κ3) is 2.32. The number of nitrogen functional groups attached to an aromatic ring is 1. The first kappa shape index (κ1) is 12.1. The van der Waals surface area contributed by atoms with E-state index in [1.54, 1.807) is 19.1 Å². The summed E-state index contributed by atoms with van der Waals surface area (Å²) in [6.07, 6.45) is 0. The molecule has 2 rings (SSSR count). The molecule has 0 amide bonds. The molecule has 5 nitrogen and oxygen atoms in total. The van der Waals surface area contributed by atoms with Gasteiger partial charge in [-0.2, -0.15) is 0 Å². The lowest BCUT2D eigenvalue weighted by molar-refractivity contribution is 0.0521. The van der Waals surface area contributed by atoms with Gasteiger partial charge in [0, 0.05) is 5.56 Å². The number of benzene rings is 1. The average Bonchev–Trinajstić information content (AvgIpc) is 2.72. The molecule has 0 atom stereocenters. The van der Waals surface area contributed by atoms with Crippen LogP contribution >= 0.6 is 0 Å². The maximum atomic E-state index is 13.1. The van der Waals surface area contributed by atoms with Crippen molar-refractivity contribution < 1.29 is 13.9 Å². The SMILES string of the molecule is CCOC(=O)c1[nH]c(-c2cccc(F)c2)nc1N. The molecule has 0 radical (unpaired) electrons. The number of aromatic amines is 1.